The third kappa shape index (κ3) is 2.86. The van der Waals surface area contributed by atoms with Gasteiger partial charge in [0.25, 0.3) is 0 Å². The summed E-state index contributed by atoms with van der Waals surface area (Å²) in [4.78, 5) is 17.3. The number of likely N-dealkylation sites (tertiary alicyclic amines) is 2. The van der Waals surface area contributed by atoms with Crippen molar-refractivity contribution in [2.45, 2.75) is 51.0 Å². The molecule has 1 aliphatic carbocycles. The third-order valence-corrected chi connectivity index (χ3v) is 5.65. The van der Waals surface area contributed by atoms with Crippen molar-refractivity contribution in [2.75, 3.05) is 33.2 Å². The van der Waals surface area contributed by atoms with E-state index in [2.05, 4.69) is 16.8 Å². The Morgan fingerprint density at radius 1 is 1.10 bits per heavy atom. The zero-order chi connectivity index (χ0) is 14.2. The van der Waals surface area contributed by atoms with Gasteiger partial charge in [-0.3, -0.25) is 4.79 Å². The molecule has 0 aromatic heterocycles. The molecule has 1 amide bonds. The second-order valence-corrected chi connectivity index (χ2v) is 7.36. The fourth-order valence-corrected chi connectivity index (χ4v) is 4.47. The molecular formula is C16H28N2O2. The molecule has 2 aliphatic heterocycles. The molecule has 1 atom stereocenters. The van der Waals surface area contributed by atoms with E-state index >= 15 is 0 Å². The molecular weight excluding hydrogens is 252 g/mol. The lowest BCUT2D eigenvalue weighted by molar-refractivity contribution is -0.140. The molecule has 0 aromatic carbocycles. The van der Waals surface area contributed by atoms with Crippen molar-refractivity contribution < 1.29 is 9.90 Å². The Bertz CT molecular complexity index is 361. The quantitative estimate of drug-likeness (QED) is 0.791. The van der Waals surface area contributed by atoms with Gasteiger partial charge in [-0.1, -0.05) is 0 Å². The van der Waals surface area contributed by atoms with E-state index in [-0.39, 0.29) is 12.0 Å². The first-order chi connectivity index (χ1) is 9.58. The number of aliphatic hydroxyl groups is 1. The Hall–Kier alpha value is -0.610. The SMILES string of the molecule is CN1CCC2(CCCN(C(=O)C3CCC(O)CC3)C2)C1. The number of piperidine rings is 1. The summed E-state index contributed by atoms with van der Waals surface area (Å²) < 4.78 is 0. The van der Waals surface area contributed by atoms with Crippen LogP contribution in [0.25, 0.3) is 0 Å². The Labute approximate surface area is 122 Å². The number of hydrogen-bond donors (Lipinski definition) is 1. The van der Waals surface area contributed by atoms with E-state index in [9.17, 15) is 9.90 Å². The molecule has 4 heteroatoms. The van der Waals surface area contributed by atoms with E-state index < -0.39 is 0 Å². The Kier molecular flexibility index (Phi) is 4.04. The summed E-state index contributed by atoms with van der Waals surface area (Å²) >= 11 is 0. The number of hydrogen-bond acceptors (Lipinski definition) is 3. The molecule has 0 aromatic rings. The monoisotopic (exact) mass is 280 g/mol. The van der Waals surface area contributed by atoms with Gasteiger partial charge in [0.1, 0.15) is 0 Å². The van der Waals surface area contributed by atoms with Crippen molar-refractivity contribution in [1.82, 2.24) is 9.80 Å². The van der Waals surface area contributed by atoms with E-state index in [1.807, 2.05) is 0 Å². The lowest BCUT2D eigenvalue weighted by atomic mass is 9.78. The van der Waals surface area contributed by atoms with Gasteiger partial charge in [-0.2, -0.15) is 0 Å². The number of carbonyl (C=O) groups excluding carboxylic acids is 1. The number of carbonyl (C=O) groups is 1. The minimum atomic E-state index is -0.171. The number of aliphatic hydroxyl groups excluding tert-OH is 1. The summed E-state index contributed by atoms with van der Waals surface area (Å²) in [6.45, 7) is 4.25. The molecule has 0 bridgehead atoms. The summed E-state index contributed by atoms with van der Waals surface area (Å²) in [5.41, 5.74) is 0.372. The van der Waals surface area contributed by atoms with Crippen LogP contribution in [0.3, 0.4) is 0 Å². The molecule has 1 saturated carbocycles. The maximum atomic E-state index is 12.7. The highest BCUT2D eigenvalue weighted by molar-refractivity contribution is 5.79. The van der Waals surface area contributed by atoms with Crippen molar-refractivity contribution in [1.29, 1.82) is 0 Å². The fourth-order valence-electron chi connectivity index (χ4n) is 4.47. The zero-order valence-electron chi connectivity index (χ0n) is 12.7. The van der Waals surface area contributed by atoms with Gasteiger partial charge in [0, 0.05) is 31.0 Å². The van der Waals surface area contributed by atoms with Crippen LogP contribution in [0.15, 0.2) is 0 Å². The second-order valence-electron chi connectivity index (χ2n) is 7.36. The van der Waals surface area contributed by atoms with Gasteiger partial charge in [-0.05, 0) is 58.5 Å². The van der Waals surface area contributed by atoms with Crippen molar-refractivity contribution in [3.8, 4) is 0 Å². The summed E-state index contributed by atoms with van der Waals surface area (Å²) in [7, 11) is 2.19. The summed E-state index contributed by atoms with van der Waals surface area (Å²) in [5, 5.41) is 9.59. The van der Waals surface area contributed by atoms with Crippen LogP contribution in [-0.4, -0.2) is 60.1 Å². The van der Waals surface area contributed by atoms with Crippen molar-refractivity contribution in [3.05, 3.63) is 0 Å². The smallest absolute Gasteiger partial charge is 0.225 e. The molecule has 2 saturated heterocycles. The Balaban J connectivity index is 1.60. The number of nitrogens with zero attached hydrogens (tertiary/aromatic N) is 2. The van der Waals surface area contributed by atoms with Crippen LogP contribution < -0.4 is 0 Å². The predicted octanol–water partition coefficient (Wildman–Crippen LogP) is 1.48. The van der Waals surface area contributed by atoms with Gasteiger partial charge >= 0.3 is 0 Å². The topological polar surface area (TPSA) is 43.8 Å². The molecule has 1 spiro atoms. The number of amides is 1. The molecule has 4 nitrogen and oxygen atoms in total. The Morgan fingerprint density at radius 2 is 1.85 bits per heavy atom. The number of rotatable bonds is 1. The first kappa shape index (κ1) is 14.3. The molecule has 1 unspecified atom stereocenters. The maximum Gasteiger partial charge on any atom is 0.225 e. The standard InChI is InChI=1S/C16H28N2O2/c1-17-10-8-16(11-17)7-2-9-18(12-16)15(20)13-3-5-14(19)6-4-13/h13-14,19H,2-12H2,1H3. The van der Waals surface area contributed by atoms with Crippen LogP contribution in [0.1, 0.15) is 44.9 Å². The van der Waals surface area contributed by atoms with Crippen LogP contribution in [-0.2, 0) is 4.79 Å². The van der Waals surface area contributed by atoms with E-state index in [0.29, 0.717) is 11.3 Å². The van der Waals surface area contributed by atoms with Crippen LogP contribution in [0.2, 0.25) is 0 Å². The molecule has 1 N–H and O–H groups in total. The molecule has 20 heavy (non-hydrogen) atoms. The van der Waals surface area contributed by atoms with Gasteiger partial charge < -0.3 is 14.9 Å². The second kappa shape index (κ2) is 5.64. The Morgan fingerprint density at radius 3 is 2.50 bits per heavy atom. The fraction of sp³-hybridized carbons (Fsp3) is 0.938. The minimum Gasteiger partial charge on any atom is -0.393 e. The normalized spacial score (nSPS) is 39.4. The van der Waals surface area contributed by atoms with Crippen molar-refractivity contribution in [3.63, 3.8) is 0 Å². The maximum absolute atomic E-state index is 12.7. The average Bonchev–Trinajstić information content (AvgIpc) is 2.79. The van der Waals surface area contributed by atoms with E-state index in [0.717, 1.165) is 51.7 Å². The van der Waals surface area contributed by atoms with E-state index in [1.54, 1.807) is 0 Å². The van der Waals surface area contributed by atoms with Crippen molar-refractivity contribution in [2.24, 2.45) is 11.3 Å². The van der Waals surface area contributed by atoms with Crippen LogP contribution >= 0.6 is 0 Å². The highest BCUT2D eigenvalue weighted by Crippen LogP contribution is 2.39. The van der Waals surface area contributed by atoms with Crippen LogP contribution in [0.5, 0.6) is 0 Å². The summed E-state index contributed by atoms with van der Waals surface area (Å²) in [6.07, 6.45) is 6.88. The highest BCUT2D eigenvalue weighted by atomic mass is 16.3. The predicted molar refractivity (Wildman–Crippen MR) is 78.3 cm³/mol. The van der Waals surface area contributed by atoms with Crippen molar-refractivity contribution >= 4 is 5.91 Å². The largest absolute Gasteiger partial charge is 0.393 e. The van der Waals surface area contributed by atoms with Gasteiger partial charge in [-0.25, -0.2) is 0 Å². The zero-order valence-corrected chi connectivity index (χ0v) is 12.7. The van der Waals surface area contributed by atoms with E-state index in [1.165, 1.54) is 19.4 Å². The summed E-state index contributed by atoms with van der Waals surface area (Å²) in [6, 6.07) is 0. The minimum absolute atomic E-state index is 0.171. The molecule has 2 heterocycles. The molecule has 3 rings (SSSR count). The van der Waals surface area contributed by atoms with Gasteiger partial charge in [0.2, 0.25) is 5.91 Å². The molecule has 0 radical (unpaired) electrons. The summed E-state index contributed by atoms with van der Waals surface area (Å²) in [5.74, 6) is 0.540. The van der Waals surface area contributed by atoms with Crippen LogP contribution in [0.4, 0.5) is 0 Å². The molecule has 3 fully saturated rings. The first-order valence-electron chi connectivity index (χ1n) is 8.23. The van der Waals surface area contributed by atoms with Gasteiger partial charge in [0.15, 0.2) is 0 Å². The molecule has 3 aliphatic rings. The lowest BCUT2D eigenvalue weighted by Gasteiger charge is -2.42. The first-order valence-corrected chi connectivity index (χ1v) is 8.23. The lowest BCUT2D eigenvalue weighted by Crippen LogP contribution is -2.49. The third-order valence-electron chi connectivity index (χ3n) is 5.65. The average molecular weight is 280 g/mol. The van der Waals surface area contributed by atoms with Gasteiger partial charge in [-0.15, -0.1) is 0 Å². The van der Waals surface area contributed by atoms with E-state index in [4.69, 9.17) is 0 Å². The molecule has 114 valence electrons. The van der Waals surface area contributed by atoms with Crippen LogP contribution in [0, 0.1) is 11.3 Å². The highest BCUT2D eigenvalue weighted by Gasteiger charge is 2.42. The van der Waals surface area contributed by atoms with Gasteiger partial charge in [0.05, 0.1) is 6.10 Å².